The Hall–Kier alpha value is -3.27. The van der Waals surface area contributed by atoms with E-state index < -0.39 is 28.5 Å². The first kappa shape index (κ1) is 33.6. The molecule has 0 heterocycles. The molecule has 0 saturated heterocycles. The van der Waals surface area contributed by atoms with E-state index >= 15 is 0 Å². The van der Waals surface area contributed by atoms with Gasteiger partial charge < -0.3 is 15.0 Å². The molecule has 8 nitrogen and oxygen atoms in total. The Labute approximate surface area is 270 Å². The predicted molar refractivity (Wildman–Crippen MR) is 176 cm³/mol. The van der Waals surface area contributed by atoms with E-state index in [4.69, 9.17) is 27.9 Å². The lowest BCUT2D eigenvalue weighted by atomic mass is 9.94. The van der Waals surface area contributed by atoms with Crippen molar-refractivity contribution < 1.29 is 22.7 Å². The molecule has 1 atom stereocenters. The molecule has 236 valence electrons. The van der Waals surface area contributed by atoms with Crippen molar-refractivity contribution >= 4 is 50.7 Å². The summed E-state index contributed by atoms with van der Waals surface area (Å²) in [5.41, 5.74) is 1.76. The highest BCUT2D eigenvalue weighted by molar-refractivity contribution is 7.92. The van der Waals surface area contributed by atoms with Crippen LogP contribution in [-0.2, 0) is 32.6 Å². The summed E-state index contributed by atoms with van der Waals surface area (Å²) in [6.07, 6.45) is 6.23. The van der Waals surface area contributed by atoms with Gasteiger partial charge in [0.2, 0.25) is 21.8 Å². The van der Waals surface area contributed by atoms with Gasteiger partial charge in [-0.15, -0.1) is 0 Å². The Morgan fingerprint density at radius 2 is 1.61 bits per heavy atom. The van der Waals surface area contributed by atoms with Crippen molar-refractivity contribution in [1.29, 1.82) is 0 Å². The van der Waals surface area contributed by atoms with E-state index in [1.54, 1.807) is 49.4 Å². The summed E-state index contributed by atoms with van der Waals surface area (Å²) in [6, 6.07) is 20.3. The van der Waals surface area contributed by atoms with Gasteiger partial charge in [-0.1, -0.05) is 91.0 Å². The highest BCUT2D eigenvalue weighted by Gasteiger charge is 2.34. The van der Waals surface area contributed by atoms with Crippen LogP contribution in [0.15, 0.2) is 72.8 Å². The average molecular weight is 661 g/mol. The molecule has 44 heavy (non-hydrogen) atoms. The Balaban J connectivity index is 1.75. The molecule has 0 bridgehead atoms. The van der Waals surface area contributed by atoms with Crippen LogP contribution in [0.2, 0.25) is 10.0 Å². The van der Waals surface area contributed by atoms with Crippen LogP contribution >= 0.6 is 23.2 Å². The zero-order chi connectivity index (χ0) is 31.7. The van der Waals surface area contributed by atoms with Crippen molar-refractivity contribution in [2.24, 2.45) is 0 Å². The molecule has 0 aromatic heterocycles. The van der Waals surface area contributed by atoms with Crippen LogP contribution in [0.3, 0.4) is 0 Å². The van der Waals surface area contributed by atoms with Crippen LogP contribution in [-0.4, -0.2) is 56.6 Å². The van der Waals surface area contributed by atoms with Crippen molar-refractivity contribution in [3.05, 3.63) is 94.0 Å². The Kier molecular flexibility index (Phi) is 11.9. The highest BCUT2D eigenvalue weighted by atomic mass is 35.5. The Bertz CT molecular complexity index is 1530. The van der Waals surface area contributed by atoms with Gasteiger partial charge in [0.1, 0.15) is 18.3 Å². The van der Waals surface area contributed by atoms with Gasteiger partial charge in [-0.2, -0.15) is 0 Å². The molecule has 3 aromatic rings. The summed E-state index contributed by atoms with van der Waals surface area (Å²) in [7, 11) is -3.93. The quantitative estimate of drug-likeness (QED) is 0.234. The third kappa shape index (κ3) is 9.13. The summed E-state index contributed by atoms with van der Waals surface area (Å²) in [4.78, 5) is 29.9. The number of anilines is 1. The number of ether oxygens (including phenoxy) is 1. The van der Waals surface area contributed by atoms with Gasteiger partial charge in [0.05, 0.1) is 28.6 Å². The number of benzene rings is 3. The summed E-state index contributed by atoms with van der Waals surface area (Å²) in [5.74, 6) is -0.498. The number of sulfonamides is 1. The molecule has 1 saturated carbocycles. The van der Waals surface area contributed by atoms with Crippen molar-refractivity contribution in [2.45, 2.75) is 64.1 Å². The summed E-state index contributed by atoms with van der Waals surface area (Å²) in [6.45, 7) is 1.58. The summed E-state index contributed by atoms with van der Waals surface area (Å²) < 4.78 is 33.0. The predicted octanol–water partition coefficient (Wildman–Crippen LogP) is 6.25. The number of nitrogens with zero attached hydrogens (tertiary/aromatic N) is 2. The van der Waals surface area contributed by atoms with Crippen molar-refractivity contribution in [2.75, 3.05) is 23.7 Å². The lowest BCUT2D eigenvalue weighted by Gasteiger charge is -2.35. The number of carbonyl (C=O) groups is 2. The SMILES string of the molecule is CCOc1ccccc1N(CC(=O)N(Cc1ccc(Cl)c(Cl)c1)[C@@H](Cc1ccccc1)C(=O)NC1CCCCC1)S(C)(=O)=O. The number of amides is 2. The molecule has 11 heteroatoms. The third-order valence-electron chi connectivity index (χ3n) is 7.67. The first-order valence-electron chi connectivity index (χ1n) is 14.8. The fourth-order valence-electron chi connectivity index (χ4n) is 5.47. The van der Waals surface area contributed by atoms with Crippen LogP contribution < -0.4 is 14.4 Å². The van der Waals surface area contributed by atoms with Crippen molar-refractivity contribution in [3.8, 4) is 5.75 Å². The van der Waals surface area contributed by atoms with E-state index in [-0.39, 0.29) is 30.6 Å². The lowest BCUT2D eigenvalue weighted by molar-refractivity contribution is -0.140. The molecule has 1 N–H and O–H groups in total. The van der Waals surface area contributed by atoms with Crippen LogP contribution in [0.25, 0.3) is 0 Å². The number of nitrogens with one attached hydrogen (secondary N) is 1. The molecule has 1 aliphatic carbocycles. The monoisotopic (exact) mass is 659 g/mol. The second kappa shape index (κ2) is 15.6. The molecule has 0 spiro atoms. The van der Waals surface area contributed by atoms with Gasteiger partial charge in [0, 0.05) is 19.0 Å². The van der Waals surface area contributed by atoms with Gasteiger partial charge in [-0.05, 0) is 55.2 Å². The number of hydrogen-bond acceptors (Lipinski definition) is 5. The van der Waals surface area contributed by atoms with Gasteiger partial charge >= 0.3 is 0 Å². The van der Waals surface area contributed by atoms with Gasteiger partial charge in [-0.25, -0.2) is 8.42 Å². The maximum Gasteiger partial charge on any atom is 0.244 e. The van der Waals surface area contributed by atoms with E-state index in [1.165, 1.54) is 4.90 Å². The second-order valence-electron chi connectivity index (χ2n) is 11.0. The number of rotatable bonds is 13. The highest BCUT2D eigenvalue weighted by Crippen LogP contribution is 2.31. The zero-order valence-electron chi connectivity index (χ0n) is 25.0. The molecule has 0 unspecified atom stereocenters. The fourth-order valence-corrected chi connectivity index (χ4v) is 6.64. The first-order valence-corrected chi connectivity index (χ1v) is 17.4. The molecule has 1 fully saturated rings. The molecular weight excluding hydrogens is 621 g/mol. The molecule has 0 radical (unpaired) electrons. The lowest BCUT2D eigenvalue weighted by Crippen LogP contribution is -2.55. The minimum Gasteiger partial charge on any atom is -0.492 e. The maximum atomic E-state index is 14.4. The minimum absolute atomic E-state index is 0.00994. The largest absolute Gasteiger partial charge is 0.492 e. The Morgan fingerprint density at radius 3 is 2.27 bits per heavy atom. The van der Waals surface area contributed by atoms with Crippen molar-refractivity contribution in [1.82, 2.24) is 10.2 Å². The number of para-hydroxylation sites is 2. The number of carbonyl (C=O) groups excluding carboxylic acids is 2. The van der Waals surface area contributed by atoms with Crippen LogP contribution in [0, 0.1) is 0 Å². The summed E-state index contributed by atoms with van der Waals surface area (Å²) >= 11 is 12.5. The molecule has 1 aliphatic rings. The minimum atomic E-state index is -3.93. The van der Waals surface area contributed by atoms with Crippen molar-refractivity contribution in [3.63, 3.8) is 0 Å². The topological polar surface area (TPSA) is 96.0 Å². The number of hydrogen-bond donors (Lipinski definition) is 1. The summed E-state index contributed by atoms with van der Waals surface area (Å²) in [5, 5.41) is 3.86. The van der Waals surface area contributed by atoms with E-state index in [9.17, 15) is 18.0 Å². The third-order valence-corrected chi connectivity index (χ3v) is 9.54. The molecule has 0 aliphatic heterocycles. The van der Waals surface area contributed by atoms with E-state index in [0.29, 0.717) is 28.0 Å². The molecule has 2 amide bonds. The van der Waals surface area contributed by atoms with Crippen LogP contribution in [0.4, 0.5) is 5.69 Å². The van der Waals surface area contributed by atoms with Gasteiger partial charge in [0.15, 0.2) is 0 Å². The second-order valence-corrected chi connectivity index (χ2v) is 13.7. The maximum absolute atomic E-state index is 14.4. The normalized spacial score (nSPS) is 14.5. The van der Waals surface area contributed by atoms with E-state index in [0.717, 1.165) is 48.2 Å². The average Bonchev–Trinajstić information content (AvgIpc) is 3.00. The number of halogens is 2. The van der Waals surface area contributed by atoms with Crippen LogP contribution in [0.1, 0.15) is 50.2 Å². The molecule has 4 rings (SSSR count). The van der Waals surface area contributed by atoms with E-state index in [1.807, 2.05) is 30.3 Å². The standard InChI is InChI=1S/C33H39Cl2N3O5S/c1-3-43-31-17-11-10-16-29(31)38(44(2,41)42)23-32(39)37(22-25-18-19-27(34)28(35)20-25)30(21-24-12-6-4-7-13-24)33(40)36-26-14-8-5-9-15-26/h4,6-7,10-13,16-20,26,30H,3,5,8-9,14-15,21-23H2,1-2H3,(H,36,40)/t30-/m0/s1. The van der Waals surface area contributed by atoms with Gasteiger partial charge in [-0.3, -0.25) is 13.9 Å². The molecular formula is C33H39Cl2N3O5S. The molecule has 3 aromatic carbocycles. The van der Waals surface area contributed by atoms with Crippen LogP contribution in [0.5, 0.6) is 5.75 Å². The van der Waals surface area contributed by atoms with Gasteiger partial charge in [0.25, 0.3) is 0 Å². The first-order chi connectivity index (χ1) is 21.1. The fraction of sp³-hybridized carbons (Fsp3) is 0.394. The Morgan fingerprint density at radius 1 is 0.932 bits per heavy atom. The zero-order valence-corrected chi connectivity index (χ0v) is 27.4. The van der Waals surface area contributed by atoms with E-state index in [2.05, 4.69) is 5.32 Å². The smallest absolute Gasteiger partial charge is 0.244 e.